The van der Waals surface area contributed by atoms with Crippen LogP contribution in [0.15, 0.2) is 6.20 Å². The third-order valence-corrected chi connectivity index (χ3v) is 6.64. The Labute approximate surface area is 141 Å². The van der Waals surface area contributed by atoms with E-state index in [2.05, 4.69) is 15.3 Å². The molecule has 1 saturated carbocycles. The molecule has 0 spiro atoms. The van der Waals surface area contributed by atoms with Crippen molar-refractivity contribution in [3.05, 3.63) is 12.0 Å². The van der Waals surface area contributed by atoms with Crippen molar-refractivity contribution in [2.45, 2.75) is 32.2 Å². The molecule has 1 aromatic heterocycles. The molecule has 2 heterocycles. The summed E-state index contributed by atoms with van der Waals surface area (Å²) in [5, 5.41) is 3.18. The monoisotopic (exact) mass is 358 g/mol. The average molecular weight is 358 g/mol. The number of sulfonamides is 1. The van der Waals surface area contributed by atoms with Gasteiger partial charge >= 0.3 is 0 Å². The Balaban J connectivity index is 1.76. The Kier molecular flexibility index (Phi) is 4.91. The molecule has 1 aromatic rings. The molecule has 24 heavy (non-hydrogen) atoms. The normalized spacial score (nSPS) is 25.0. The fourth-order valence-corrected chi connectivity index (χ4v) is 4.85. The molecule has 2 aliphatic rings. The Bertz CT molecular complexity index is 696. The van der Waals surface area contributed by atoms with Crippen LogP contribution >= 0.6 is 0 Å². The van der Waals surface area contributed by atoms with Crippen LogP contribution in [0.1, 0.15) is 26.2 Å². The number of anilines is 1. The minimum atomic E-state index is -3.23. The number of rotatable bonds is 7. The predicted octanol–water partition coefficient (Wildman–Crippen LogP) is 1.49. The van der Waals surface area contributed by atoms with Crippen molar-refractivity contribution < 1.29 is 17.5 Å². The third-order valence-electron chi connectivity index (χ3n) is 4.63. The van der Waals surface area contributed by atoms with Crippen LogP contribution in [-0.2, 0) is 10.0 Å². The van der Waals surface area contributed by atoms with Gasteiger partial charge in [-0.3, -0.25) is 0 Å². The van der Waals surface area contributed by atoms with E-state index < -0.39 is 15.8 Å². The lowest BCUT2D eigenvalue weighted by molar-refractivity contribution is 0.367. The zero-order chi connectivity index (χ0) is 17.3. The molecule has 9 heteroatoms. The Morgan fingerprint density at radius 2 is 2.17 bits per heavy atom. The topological polar surface area (TPSA) is 84.4 Å². The second-order valence-electron chi connectivity index (χ2n) is 6.44. The van der Waals surface area contributed by atoms with Gasteiger partial charge in [0.1, 0.15) is 0 Å². The first kappa shape index (κ1) is 17.3. The maximum atomic E-state index is 13.4. The molecular formula is C15H23FN4O3S. The van der Waals surface area contributed by atoms with Gasteiger partial charge in [-0.25, -0.2) is 13.4 Å². The van der Waals surface area contributed by atoms with Crippen molar-refractivity contribution in [3.8, 4) is 5.88 Å². The molecule has 0 amide bonds. The van der Waals surface area contributed by atoms with E-state index >= 15 is 0 Å². The van der Waals surface area contributed by atoms with Gasteiger partial charge in [-0.05, 0) is 31.1 Å². The molecule has 3 rings (SSSR count). The van der Waals surface area contributed by atoms with Gasteiger partial charge in [0.2, 0.25) is 21.8 Å². The fourth-order valence-electron chi connectivity index (χ4n) is 3.29. The Hall–Kier alpha value is -1.48. The van der Waals surface area contributed by atoms with Crippen molar-refractivity contribution in [1.82, 2.24) is 14.3 Å². The summed E-state index contributed by atoms with van der Waals surface area (Å²) in [6.45, 7) is 2.79. The van der Waals surface area contributed by atoms with Crippen LogP contribution in [0, 0.1) is 17.7 Å². The second kappa shape index (κ2) is 6.79. The van der Waals surface area contributed by atoms with Gasteiger partial charge in [0.05, 0.1) is 19.1 Å². The molecule has 2 atom stereocenters. The minimum absolute atomic E-state index is 0.0701. The van der Waals surface area contributed by atoms with Crippen LogP contribution in [0.3, 0.4) is 0 Å². The number of nitrogens with one attached hydrogen (secondary N) is 1. The first-order valence-corrected chi connectivity index (χ1v) is 9.86. The van der Waals surface area contributed by atoms with Gasteiger partial charge < -0.3 is 10.1 Å². The van der Waals surface area contributed by atoms with Crippen LogP contribution in [0.4, 0.5) is 10.3 Å². The maximum absolute atomic E-state index is 13.4. The summed E-state index contributed by atoms with van der Waals surface area (Å²) in [6.07, 6.45) is 3.90. The van der Waals surface area contributed by atoms with Crippen molar-refractivity contribution in [1.29, 1.82) is 0 Å². The summed E-state index contributed by atoms with van der Waals surface area (Å²) in [7, 11) is -1.88. The number of nitrogens with zero attached hydrogens (tertiary/aromatic N) is 3. The first-order valence-electron chi connectivity index (χ1n) is 8.25. The maximum Gasteiger partial charge on any atom is 0.255 e. The zero-order valence-electron chi connectivity index (χ0n) is 13.9. The number of aromatic nitrogens is 2. The number of hydrogen-bond donors (Lipinski definition) is 1. The highest BCUT2D eigenvalue weighted by atomic mass is 32.2. The number of ether oxygens (including phenoxy) is 1. The molecular weight excluding hydrogens is 335 g/mol. The lowest BCUT2D eigenvalue weighted by Gasteiger charge is -2.19. The summed E-state index contributed by atoms with van der Waals surface area (Å²) in [5.41, 5.74) is 0. The molecule has 1 N–H and O–H groups in total. The van der Waals surface area contributed by atoms with Crippen LogP contribution < -0.4 is 10.1 Å². The third kappa shape index (κ3) is 3.61. The van der Waals surface area contributed by atoms with Crippen molar-refractivity contribution in [3.63, 3.8) is 0 Å². The summed E-state index contributed by atoms with van der Waals surface area (Å²) < 4.78 is 44.6. The van der Waals surface area contributed by atoms with E-state index in [9.17, 15) is 12.8 Å². The van der Waals surface area contributed by atoms with Gasteiger partial charge in [0, 0.05) is 19.1 Å². The van der Waals surface area contributed by atoms with Gasteiger partial charge in [-0.1, -0.05) is 6.92 Å². The molecule has 0 aromatic carbocycles. The number of hydrogen-bond acceptors (Lipinski definition) is 6. The lowest BCUT2D eigenvalue weighted by atomic mass is 9.98. The largest absolute Gasteiger partial charge is 0.479 e. The highest BCUT2D eigenvalue weighted by Gasteiger charge is 2.45. The molecule has 0 radical (unpaired) electrons. The fraction of sp³-hybridized carbons (Fsp3) is 0.733. The smallest absolute Gasteiger partial charge is 0.255 e. The van der Waals surface area contributed by atoms with Crippen LogP contribution in [0.2, 0.25) is 0 Å². The van der Waals surface area contributed by atoms with E-state index in [-0.39, 0.29) is 29.5 Å². The molecule has 0 bridgehead atoms. The molecule has 134 valence electrons. The van der Waals surface area contributed by atoms with E-state index in [4.69, 9.17) is 4.74 Å². The lowest BCUT2D eigenvalue weighted by Crippen LogP contribution is -2.33. The Morgan fingerprint density at radius 1 is 1.42 bits per heavy atom. The van der Waals surface area contributed by atoms with E-state index in [1.54, 1.807) is 4.31 Å². The van der Waals surface area contributed by atoms with Gasteiger partial charge in [-0.15, -0.1) is 0 Å². The summed E-state index contributed by atoms with van der Waals surface area (Å²) in [5.74, 6) is 0.448. The summed E-state index contributed by atoms with van der Waals surface area (Å²) in [4.78, 5) is 7.95. The standard InChI is InChI=1S/C15H23FN4O3S/c1-3-6-24(21,22)20-8-11(10-4-5-10)13(9-20)18-15-17-7-12(16)14(19-15)23-2/h7,10-11,13H,3-6,8-9H2,1-2H3,(H,17,18,19)/t11-,13+/m1/s1. The van der Waals surface area contributed by atoms with E-state index in [0.29, 0.717) is 25.4 Å². The van der Waals surface area contributed by atoms with Gasteiger partial charge in [-0.2, -0.15) is 13.7 Å². The SMILES string of the molecule is CCCS(=O)(=O)N1C[C@H](Nc2ncc(F)c(OC)n2)[C@@H](C2CC2)C1. The first-order chi connectivity index (χ1) is 11.4. The quantitative estimate of drug-likeness (QED) is 0.795. The van der Waals surface area contributed by atoms with Crippen molar-refractivity contribution in [2.75, 3.05) is 31.3 Å². The molecule has 0 unspecified atom stereocenters. The highest BCUT2D eigenvalue weighted by Crippen LogP contribution is 2.42. The highest BCUT2D eigenvalue weighted by molar-refractivity contribution is 7.89. The van der Waals surface area contributed by atoms with Crippen LogP contribution in [0.5, 0.6) is 5.88 Å². The van der Waals surface area contributed by atoms with Gasteiger partial charge in [0.15, 0.2) is 0 Å². The van der Waals surface area contributed by atoms with Crippen LogP contribution in [-0.4, -0.2) is 54.7 Å². The molecule has 1 saturated heterocycles. The minimum Gasteiger partial charge on any atom is -0.479 e. The average Bonchev–Trinajstić information content (AvgIpc) is 3.29. The van der Waals surface area contributed by atoms with E-state index in [1.807, 2.05) is 6.92 Å². The molecule has 1 aliphatic heterocycles. The molecule has 7 nitrogen and oxygen atoms in total. The van der Waals surface area contributed by atoms with Crippen LogP contribution in [0.25, 0.3) is 0 Å². The predicted molar refractivity (Wildman–Crippen MR) is 87.8 cm³/mol. The second-order valence-corrected chi connectivity index (χ2v) is 8.52. The molecule has 1 aliphatic carbocycles. The van der Waals surface area contributed by atoms with E-state index in [0.717, 1.165) is 19.0 Å². The van der Waals surface area contributed by atoms with Gasteiger partial charge in [0.25, 0.3) is 5.88 Å². The zero-order valence-corrected chi connectivity index (χ0v) is 14.7. The Morgan fingerprint density at radius 3 is 2.79 bits per heavy atom. The van der Waals surface area contributed by atoms with E-state index in [1.165, 1.54) is 7.11 Å². The summed E-state index contributed by atoms with van der Waals surface area (Å²) >= 11 is 0. The summed E-state index contributed by atoms with van der Waals surface area (Å²) in [6, 6.07) is -0.0701. The molecule has 2 fully saturated rings. The number of methoxy groups -OCH3 is 1. The van der Waals surface area contributed by atoms with Crippen molar-refractivity contribution >= 4 is 16.0 Å². The van der Waals surface area contributed by atoms with Crippen molar-refractivity contribution in [2.24, 2.45) is 11.8 Å². The number of halogens is 1.